The highest BCUT2D eigenvalue weighted by Gasteiger charge is 2.08. The molecule has 8 heteroatoms. The summed E-state index contributed by atoms with van der Waals surface area (Å²) in [5.41, 5.74) is 0. The molecule has 3 aromatic rings. The Labute approximate surface area is 130 Å². The SMILES string of the molecule is O=C(COc1ccccc1F)Nc1cc(-n2cccn2)ncn1. The maximum atomic E-state index is 13.4. The van der Waals surface area contributed by atoms with Gasteiger partial charge in [-0.15, -0.1) is 0 Å². The molecule has 0 atom stereocenters. The van der Waals surface area contributed by atoms with Crippen molar-refractivity contribution in [3.05, 3.63) is 60.9 Å². The van der Waals surface area contributed by atoms with Crippen LogP contribution in [0.2, 0.25) is 0 Å². The maximum absolute atomic E-state index is 13.4. The van der Waals surface area contributed by atoms with Gasteiger partial charge in [0, 0.05) is 18.5 Å². The number of nitrogens with one attached hydrogen (secondary N) is 1. The van der Waals surface area contributed by atoms with E-state index in [-0.39, 0.29) is 12.4 Å². The minimum Gasteiger partial charge on any atom is -0.481 e. The van der Waals surface area contributed by atoms with E-state index in [0.29, 0.717) is 11.6 Å². The largest absolute Gasteiger partial charge is 0.481 e. The fraction of sp³-hybridized carbons (Fsp3) is 0.0667. The number of ether oxygens (including phenoxy) is 1. The average Bonchev–Trinajstić information content (AvgIpc) is 3.09. The Morgan fingerprint density at radius 2 is 2.13 bits per heavy atom. The highest BCUT2D eigenvalue weighted by molar-refractivity contribution is 5.91. The van der Waals surface area contributed by atoms with Crippen LogP contribution in [-0.2, 0) is 4.79 Å². The molecule has 1 amide bonds. The zero-order valence-corrected chi connectivity index (χ0v) is 11.9. The molecular formula is C15H12FN5O2. The Morgan fingerprint density at radius 1 is 1.26 bits per heavy atom. The van der Waals surface area contributed by atoms with Crippen molar-refractivity contribution in [3.8, 4) is 11.6 Å². The van der Waals surface area contributed by atoms with Crippen molar-refractivity contribution < 1.29 is 13.9 Å². The van der Waals surface area contributed by atoms with Gasteiger partial charge in [-0.05, 0) is 18.2 Å². The molecule has 0 bridgehead atoms. The summed E-state index contributed by atoms with van der Waals surface area (Å²) in [6.07, 6.45) is 4.64. The van der Waals surface area contributed by atoms with E-state index in [1.54, 1.807) is 36.7 Å². The molecule has 0 aliphatic rings. The summed E-state index contributed by atoms with van der Waals surface area (Å²) in [6, 6.07) is 9.19. The first-order valence-electron chi connectivity index (χ1n) is 6.71. The summed E-state index contributed by atoms with van der Waals surface area (Å²) in [5.74, 6) is -0.160. The summed E-state index contributed by atoms with van der Waals surface area (Å²) in [4.78, 5) is 19.9. The number of carbonyl (C=O) groups excluding carboxylic acids is 1. The van der Waals surface area contributed by atoms with E-state index >= 15 is 0 Å². The lowest BCUT2D eigenvalue weighted by atomic mass is 10.3. The van der Waals surface area contributed by atoms with Crippen LogP contribution in [0, 0.1) is 5.82 Å². The maximum Gasteiger partial charge on any atom is 0.263 e. The molecule has 1 N–H and O–H groups in total. The molecule has 7 nitrogen and oxygen atoms in total. The van der Waals surface area contributed by atoms with Crippen molar-refractivity contribution in [1.29, 1.82) is 0 Å². The van der Waals surface area contributed by atoms with Gasteiger partial charge in [0.15, 0.2) is 24.0 Å². The van der Waals surface area contributed by atoms with E-state index < -0.39 is 11.7 Å². The monoisotopic (exact) mass is 313 g/mol. The molecule has 2 aromatic heterocycles. The molecule has 116 valence electrons. The minimum atomic E-state index is -0.525. The van der Waals surface area contributed by atoms with E-state index in [4.69, 9.17) is 4.74 Å². The fourth-order valence-electron chi connectivity index (χ4n) is 1.83. The van der Waals surface area contributed by atoms with Gasteiger partial charge in [0.25, 0.3) is 5.91 Å². The van der Waals surface area contributed by atoms with Crippen LogP contribution in [0.15, 0.2) is 55.1 Å². The third-order valence-electron chi connectivity index (χ3n) is 2.85. The molecule has 0 saturated heterocycles. The van der Waals surface area contributed by atoms with Crippen LogP contribution in [0.5, 0.6) is 5.75 Å². The Kier molecular flexibility index (Phi) is 4.23. The summed E-state index contributed by atoms with van der Waals surface area (Å²) in [5, 5.41) is 6.60. The summed E-state index contributed by atoms with van der Waals surface area (Å²) in [7, 11) is 0. The van der Waals surface area contributed by atoms with Gasteiger partial charge in [0.2, 0.25) is 0 Å². The van der Waals surface area contributed by atoms with Gasteiger partial charge in [0.05, 0.1) is 0 Å². The van der Waals surface area contributed by atoms with E-state index in [0.717, 1.165) is 0 Å². The fourth-order valence-corrected chi connectivity index (χ4v) is 1.83. The van der Waals surface area contributed by atoms with E-state index in [1.165, 1.54) is 23.1 Å². The lowest BCUT2D eigenvalue weighted by molar-refractivity contribution is -0.118. The minimum absolute atomic E-state index is 0.0163. The Balaban J connectivity index is 1.62. The highest BCUT2D eigenvalue weighted by Crippen LogP contribution is 2.15. The zero-order chi connectivity index (χ0) is 16.1. The van der Waals surface area contributed by atoms with Gasteiger partial charge in [-0.3, -0.25) is 4.79 Å². The lowest BCUT2D eigenvalue weighted by Gasteiger charge is -2.08. The summed E-state index contributed by atoms with van der Waals surface area (Å²) >= 11 is 0. The Bertz CT molecular complexity index is 807. The smallest absolute Gasteiger partial charge is 0.263 e. The van der Waals surface area contributed by atoms with Crippen LogP contribution in [0.1, 0.15) is 0 Å². The zero-order valence-electron chi connectivity index (χ0n) is 11.9. The predicted molar refractivity (Wildman–Crippen MR) is 79.7 cm³/mol. The van der Waals surface area contributed by atoms with Crippen molar-refractivity contribution in [2.75, 3.05) is 11.9 Å². The van der Waals surface area contributed by atoms with Gasteiger partial charge in [0.1, 0.15) is 12.1 Å². The quantitative estimate of drug-likeness (QED) is 0.777. The molecule has 0 unspecified atom stereocenters. The number of aromatic nitrogens is 4. The van der Waals surface area contributed by atoms with Crippen molar-refractivity contribution in [2.24, 2.45) is 0 Å². The van der Waals surface area contributed by atoms with Crippen LogP contribution < -0.4 is 10.1 Å². The number of nitrogens with zero attached hydrogens (tertiary/aromatic N) is 4. The molecule has 0 fully saturated rings. The molecule has 0 aliphatic carbocycles. The Hall–Kier alpha value is -3.29. The summed E-state index contributed by atoms with van der Waals surface area (Å²) < 4.78 is 20.1. The van der Waals surface area contributed by atoms with Crippen molar-refractivity contribution in [1.82, 2.24) is 19.7 Å². The van der Waals surface area contributed by atoms with E-state index in [9.17, 15) is 9.18 Å². The molecule has 3 rings (SSSR count). The van der Waals surface area contributed by atoms with Crippen LogP contribution in [0.4, 0.5) is 10.2 Å². The Morgan fingerprint density at radius 3 is 2.91 bits per heavy atom. The average molecular weight is 313 g/mol. The van der Waals surface area contributed by atoms with Gasteiger partial charge in [-0.2, -0.15) is 5.10 Å². The number of amides is 1. The number of benzene rings is 1. The molecular weight excluding hydrogens is 301 g/mol. The van der Waals surface area contributed by atoms with Gasteiger partial charge < -0.3 is 10.1 Å². The first-order valence-corrected chi connectivity index (χ1v) is 6.71. The first-order chi connectivity index (χ1) is 11.2. The van der Waals surface area contributed by atoms with E-state index in [2.05, 4.69) is 20.4 Å². The second-order valence-electron chi connectivity index (χ2n) is 4.48. The molecule has 0 spiro atoms. The van der Waals surface area contributed by atoms with E-state index in [1.807, 2.05) is 0 Å². The van der Waals surface area contributed by atoms with Crippen molar-refractivity contribution in [3.63, 3.8) is 0 Å². The lowest BCUT2D eigenvalue weighted by Crippen LogP contribution is -2.21. The standard InChI is InChI=1S/C15H12FN5O2/c16-11-4-1-2-5-12(11)23-9-15(22)20-13-8-14(18-10-17-13)21-7-3-6-19-21/h1-8,10H,9H2,(H,17,18,20,22). The number of para-hydroxylation sites is 1. The number of halogens is 1. The molecule has 1 aromatic carbocycles. The molecule has 0 saturated carbocycles. The third-order valence-corrected chi connectivity index (χ3v) is 2.85. The number of anilines is 1. The number of rotatable bonds is 5. The van der Waals surface area contributed by atoms with Gasteiger partial charge in [-0.25, -0.2) is 19.0 Å². The molecule has 2 heterocycles. The van der Waals surface area contributed by atoms with Crippen LogP contribution in [0.25, 0.3) is 5.82 Å². The number of hydrogen-bond acceptors (Lipinski definition) is 5. The second kappa shape index (κ2) is 6.65. The van der Waals surface area contributed by atoms with Crippen LogP contribution in [-0.4, -0.2) is 32.3 Å². The van der Waals surface area contributed by atoms with Crippen molar-refractivity contribution >= 4 is 11.7 Å². The second-order valence-corrected chi connectivity index (χ2v) is 4.48. The van der Waals surface area contributed by atoms with Gasteiger partial charge >= 0.3 is 0 Å². The summed E-state index contributed by atoms with van der Waals surface area (Å²) in [6.45, 7) is -0.331. The molecule has 0 aliphatic heterocycles. The topological polar surface area (TPSA) is 81.9 Å². The molecule has 23 heavy (non-hydrogen) atoms. The van der Waals surface area contributed by atoms with Crippen molar-refractivity contribution in [2.45, 2.75) is 0 Å². The van der Waals surface area contributed by atoms with Gasteiger partial charge in [-0.1, -0.05) is 12.1 Å². The normalized spacial score (nSPS) is 10.3. The highest BCUT2D eigenvalue weighted by atomic mass is 19.1. The van der Waals surface area contributed by atoms with Crippen LogP contribution in [0.3, 0.4) is 0 Å². The predicted octanol–water partition coefficient (Wildman–Crippen LogP) is 1.82. The first kappa shape index (κ1) is 14.6. The number of hydrogen-bond donors (Lipinski definition) is 1. The number of carbonyl (C=O) groups is 1. The van der Waals surface area contributed by atoms with Crippen LogP contribution >= 0.6 is 0 Å². The molecule has 0 radical (unpaired) electrons. The third kappa shape index (κ3) is 3.67.